The predicted molar refractivity (Wildman–Crippen MR) is 99.3 cm³/mol. The zero-order valence-electron chi connectivity index (χ0n) is 14.7. The van der Waals surface area contributed by atoms with E-state index in [2.05, 4.69) is 6.08 Å². The lowest BCUT2D eigenvalue weighted by Crippen LogP contribution is -2.08. The van der Waals surface area contributed by atoms with Crippen LogP contribution in [0.3, 0.4) is 0 Å². The van der Waals surface area contributed by atoms with Crippen LogP contribution in [0.2, 0.25) is 0 Å². The Hall–Kier alpha value is -2.88. The van der Waals surface area contributed by atoms with Gasteiger partial charge in [-0.15, -0.1) is 0 Å². The van der Waals surface area contributed by atoms with Gasteiger partial charge in [0.15, 0.2) is 0 Å². The Morgan fingerprint density at radius 1 is 1.20 bits per heavy atom. The molecule has 0 saturated carbocycles. The number of hydrogen-bond donors (Lipinski definition) is 2. The van der Waals surface area contributed by atoms with Crippen molar-refractivity contribution < 1.29 is 19.7 Å². The van der Waals surface area contributed by atoms with Crippen LogP contribution in [-0.2, 0) is 6.42 Å². The molecule has 0 saturated heterocycles. The molecule has 130 valence electrons. The van der Waals surface area contributed by atoms with Crippen molar-refractivity contribution in [3.05, 3.63) is 58.7 Å². The van der Waals surface area contributed by atoms with Gasteiger partial charge in [0, 0.05) is 28.3 Å². The van der Waals surface area contributed by atoms with Crippen LogP contribution >= 0.6 is 0 Å². The maximum atomic E-state index is 10.3. The van der Waals surface area contributed by atoms with Gasteiger partial charge in [-0.2, -0.15) is 0 Å². The number of hydrogen-bond acceptors (Lipinski definition) is 4. The van der Waals surface area contributed by atoms with Crippen LogP contribution in [0.4, 0.5) is 0 Å². The third-order valence-electron chi connectivity index (χ3n) is 4.21. The summed E-state index contributed by atoms with van der Waals surface area (Å²) in [5.74, 6) is 1.73. The van der Waals surface area contributed by atoms with Gasteiger partial charge >= 0.3 is 0 Å². The Morgan fingerprint density at radius 3 is 2.72 bits per heavy atom. The smallest absolute Gasteiger partial charge is 0.133 e. The second kappa shape index (κ2) is 6.93. The number of fused-ring (bicyclic) bond motifs is 1. The van der Waals surface area contributed by atoms with Gasteiger partial charge in [0.2, 0.25) is 0 Å². The number of phenolic OH excluding ortho intramolecular Hbond substituents is 2. The number of benzene rings is 2. The van der Waals surface area contributed by atoms with Crippen molar-refractivity contribution in [3.63, 3.8) is 0 Å². The van der Waals surface area contributed by atoms with Crippen LogP contribution in [0, 0.1) is 0 Å². The number of allylic oxidation sites excluding steroid dienone is 2. The molecule has 0 amide bonds. The molecule has 4 heteroatoms. The van der Waals surface area contributed by atoms with E-state index in [9.17, 15) is 10.2 Å². The maximum Gasteiger partial charge on any atom is 0.133 e. The molecule has 0 aliphatic carbocycles. The van der Waals surface area contributed by atoms with Gasteiger partial charge in [-0.05, 0) is 50.6 Å². The highest BCUT2D eigenvalue weighted by atomic mass is 16.5. The average Bonchev–Trinajstić information content (AvgIpc) is 2.59. The first kappa shape index (κ1) is 17.0. The van der Waals surface area contributed by atoms with Crippen molar-refractivity contribution in [2.24, 2.45) is 0 Å². The quantitative estimate of drug-likeness (QED) is 0.803. The first-order valence-corrected chi connectivity index (χ1v) is 8.18. The number of ether oxygens (including phenoxy) is 2. The highest BCUT2D eigenvalue weighted by molar-refractivity contribution is 5.88. The largest absolute Gasteiger partial charge is 0.508 e. The van der Waals surface area contributed by atoms with Gasteiger partial charge in [-0.25, -0.2) is 0 Å². The van der Waals surface area contributed by atoms with Gasteiger partial charge < -0.3 is 19.7 Å². The van der Waals surface area contributed by atoms with Crippen molar-refractivity contribution in [3.8, 4) is 23.0 Å². The minimum absolute atomic E-state index is 0.182. The van der Waals surface area contributed by atoms with Crippen LogP contribution < -0.4 is 9.47 Å². The minimum atomic E-state index is 0.182. The molecule has 0 fully saturated rings. The van der Waals surface area contributed by atoms with Crippen LogP contribution in [0.25, 0.3) is 11.6 Å². The summed E-state index contributed by atoms with van der Waals surface area (Å²) in [6.07, 6.45) is 4.69. The van der Waals surface area contributed by atoms with Crippen molar-refractivity contribution in [1.82, 2.24) is 0 Å². The second-order valence-electron chi connectivity index (χ2n) is 6.31. The first-order chi connectivity index (χ1) is 12.0. The number of rotatable bonds is 4. The monoisotopic (exact) mass is 338 g/mol. The van der Waals surface area contributed by atoms with E-state index in [1.807, 2.05) is 32.1 Å². The molecule has 3 rings (SSSR count). The summed E-state index contributed by atoms with van der Waals surface area (Å²) in [7, 11) is 1.61. The third-order valence-corrected chi connectivity index (χ3v) is 4.21. The minimum Gasteiger partial charge on any atom is -0.508 e. The molecule has 0 aromatic heterocycles. The third kappa shape index (κ3) is 3.48. The lowest BCUT2D eigenvalue weighted by atomic mass is 9.96. The van der Waals surface area contributed by atoms with Crippen molar-refractivity contribution in [1.29, 1.82) is 0 Å². The summed E-state index contributed by atoms with van der Waals surface area (Å²) in [5.41, 5.74) is 4.71. The van der Waals surface area contributed by atoms with Crippen LogP contribution in [0.5, 0.6) is 23.0 Å². The van der Waals surface area contributed by atoms with Crippen LogP contribution in [-0.4, -0.2) is 23.9 Å². The van der Waals surface area contributed by atoms with Crippen LogP contribution in [0.15, 0.2) is 42.0 Å². The Morgan fingerprint density at radius 2 is 2.00 bits per heavy atom. The Bertz CT molecular complexity index is 858. The van der Waals surface area contributed by atoms with E-state index in [1.165, 1.54) is 5.57 Å². The standard InChI is InChI=1S/C21H22O4/c1-13(2)4-7-18-19(23)9-8-17(21(18)24-3)15-10-14-5-6-16(22)11-20(14)25-12-15/h4-6,8-11,22-23H,7,12H2,1-3H3. The SMILES string of the molecule is COc1c(C2=Cc3ccc(O)cc3OC2)ccc(O)c1CC=C(C)C. The Balaban J connectivity index is 2.07. The predicted octanol–water partition coefficient (Wildman–Crippen LogP) is 4.55. The molecule has 2 N–H and O–H groups in total. The molecule has 1 aliphatic heterocycles. The summed E-state index contributed by atoms with van der Waals surface area (Å²) >= 11 is 0. The lowest BCUT2D eigenvalue weighted by molar-refractivity contribution is 0.359. The summed E-state index contributed by atoms with van der Waals surface area (Å²) in [5, 5.41) is 19.8. The Kier molecular flexibility index (Phi) is 4.70. The van der Waals surface area contributed by atoms with E-state index in [-0.39, 0.29) is 11.5 Å². The summed E-state index contributed by atoms with van der Waals surface area (Å²) in [6, 6.07) is 8.60. The molecule has 2 aromatic carbocycles. The second-order valence-corrected chi connectivity index (χ2v) is 6.31. The van der Waals surface area contributed by atoms with Crippen molar-refractivity contribution in [2.45, 2.75) is 20.3 Å². The zero-order chi connectivity index (χ0) is 18.0. The average molecular weight is 338 g/mol. The number of aromatic hydroxyl groups is 2. The van der Waals surface area contributed by atoms with Gasteiger partial charge in [0.05, 0.1) is 7.11 Å². The molecular weight excluding hydrogens is 316 g/mol. The van der Waals surface area contributed by atoms with E-state index in [0.29, 0.717) is 24.5 Å². The molecule has 1 heterocycles. The van der Waals surface area contributed by atoms with Crippen molar-refractivity contribution in [2.75, 3.05) is 13.7 Å². The summed E-state index contributed by atoms with van der Waals surface area (Å²) in [4.78, 5) is 0. The van der Waals surface area contributed by atoms with E-state index in [0.717, 1.165) is 22.3 Å². The van der Waals surface area contributed by atoms with Gasteiger partial charge in [-0.3, -0.25) is 0 Å². The molecule has 0 atom stereocenters. The maximum absolute atomic E-state index is 10.3. The van der Waals surface area contributed by atoms with E-state index in [1.54, 1.807) is 25.3 Å². The van der Waals surface area contributed by atoms with Gasteiger partial charge in [0.1, 0.15) is 29.6 Å². The molecule has 25 heavy (non-hydrogen) atoms. The van der Waals surface area contributed by atoms with E-state index >= 15 is 0 Å². The van der Waals surface area contributed by atoms with Gasteiger partial charge in [-0.1, -0.05) is 11.6 Å². The van der Waals surface area contributed by atoms with Crippen LogP contribution in [0.1, 0.15) is 30.5 Å². The van der Waals surface area contributed by atoms with E-state index in [4.69, 9.17) is 9.47 Å². The first-order valence-electron chi connectivity index (χ1n) is 8.18. The molecule has 0 unspecified atom stereocenters. The molecule has 4 nitrogen and oxygen atoms in total. The fraction of sp³-hybridized carbons (Fsp3) is 0.238. The van der Waals surface area contributed by atoms with Gasteiger partial charge in [0.25, 0.3) is 0 Å². The zero-order valence-corrected chi connectivity index (χ0v) is 14.7. The highest BCUT2D eigenvalue weighted by Crippen LogP contribution is 2.40. The summed E-state index contributed by atoms with van der Waals surface area (Å²) < 4.78 is 11.4. The fourth-order valence-electron chi connectivity index (χ4n) is 2.91. The normalized spacial score (nSPS) is 12.7. The molecule has 0 radical (unpaired) electrons. The highest BCUT2D eigenvalue weighted by Gasteiger charge is 2.20. The number of methoxy groups -OCH3 is 1. The van der Waals surface area contributed by atoms with Crippen molar-refractivity contribution >= 4 is 11.6 Å². The molecule has 1 aliphatic rings. The number of phenols is 2. The molecule has 0 bridgehead atoms. The topological polar surface area (TPSA) is 58.9 Å². The Labute approximate surface area is 147 Å². The van der Waals surface area contributed by atoms with E-state index < -0.39 is 0 Å². The molecule has 2 aromatic rings. The molecule has 0 spiro atoms. The molecular formula is C21H22O4. The lowest BCUT2D eigenvalue weighted by Gasteiger charge is -2.21. The summed E-state index contributed by atoms with van der Waals surface area (Å²) in [6.45, 7) is 4.42. The fourth-order valence-corrected chi connectivity index (χ4v) is 2.91.